The third kappa shape index (κ3) is 7.06. The van der Waals surface area contributed by atoms with E-state index in [-0.39, 0.29) is 34.4 Å². The number of anilines is 1. The van der Waals surface area contributed by atoms with Crippen LogP contribution in [0.4, 0.5) is 5.69 Å². The largest absolute Gasteiger partial charge is 0.494 e. The second-order valence-corrected chi connectivity index (χ2v) is 15.2. The molecule has 3 amide bonds. The van der Waals surface area contributed by atoms with Crippen LogP contribution < -0.4 is 9.64 Å². The van der Waals surface area contributed by atoms with E-state index in [1.165, 1.54) is 0 Å². The van der Waals surface area contributed by atoms with E-state index in [1.807, 2.05) is 61.5 Å². The van der Waals surface area contributed by atoms with Gasteiger partial charge in [0.2, 0.25) is 17.7 Å². The van der Waals surface area contributed by atoms with Gasteiger partial charge in [-0.25, -0.2) is 0 Å². The van der Waals surface area contributed by atoms with Crippen LogP contribution in [0, 0.1) is 11.8 Å². The van der Waals surface area contributed by atoms with Crippen molar-refractivity contribution in [1.82, 2.24) is 9.80 Å². The van der Waals surface area contributed by atoms with Crippen LogP contribution >= 0.6 is 27.7 Å². The van der Waals surface area contributed by atoms with Crippen molar-refractivity contribution in [1.29, 1.82) is 0 Å². The average Bonchev–Trinajstić information content (AvgIpc) is 3.67. The van der Waals surface area contributed by atoms with Crippen LogP contribution in [-0.4, -0.2) is 86.3 Å². The summed E-state index contributed by atoms with van der Waals surface area (Å²) >= 11 is 5.56. The maximum absolute atomic E-state index is 14.8. The zero-order valence-corrected chi connectivity index (χ0v) is 29.5. The molecule has 6 atom stereocenters. The van der Waals surface area contributed by atoms with Crippen molar-refractivity contribution in [2.75, 3.05) is 37.7 Å². The fraction of sp³-hybridized carbons (Fsp3) is 0.486. The number of rotatable bonds is 17. The highest BCUT2D eigenvalue weighted by Crippen LogP contribution is 2.68. The number of halogens is 1. The first-order chi connectivity index (χ1) is 22.8. The van der Waals surface area contributed by atoms with Crippen LogP contribution in [0.3, 0.4) is 0 Å². The minimum Gasteiger partial charge on any atom is -0.494 e. The summed E-state index contributed by atoms with van der Waals surface area (Å²) in [4.78, 5) is 49.4. The van der Waals surface area contributed by atoms with Gasteiger partial charge >= 0.3 is 0 Å². The molecule has 1 spiro atoms. The summed E-state index contributed by atoms with van der Waals surface area (Å²) < 4.78 is 4.88. The summed E-state index contributed by atoms with van der Waals surface area (Å²) in [6, 6.07) is 16.6. The SMILES string of the molecule is C=CCN(Cc1ccccc1)C(=O)C1N(CCCCCCO)C(=O)[C@@H]2[C@@H](C(=O)N(CC=C)c3ccc(OCC)cc3)[C@@H]3SC12CC3Br. The van der Waals surface area contributed by atoms with Gasteiger partial charge in [-0.05, 0) is 56.0 Å². The maximum atomic E-state index is 14.8. The Morgan fingerprint density at radius 1 is 1.04 bits per heavy atom. The highest BCUT2D eigenvalue weighted by molar-refractivity contribution is 9.09. The molecule has 47 heavy (non-hydrogen) atoms. The van der Waals surface area contributed by atoms with Crippen LogP contribution in [0.2, 0.25) is 0 Å². The molecule has 2 aromatic carbocycles. The van der Waals surface area contributed by atoms with Crippen molar-refractivity contribution in [3.05, 3.63) is 85.5 Å². The molecule has 252 valence electrons. The number of hydrogen-bond donors (Lipinski definition) is 1. The number of nitrogens with zero attached hydrogens (tertiary/aromatic N) is 3. The molecule has 3 aliphatic heterocycles. The van der Waals surface area contributed by atoms with E-state index in [4.69, 9.17) is 4.74 Å². The first kappa shape index (κ1) is 35.2. The van der Waals surface area contributed by atoms with Crippen molar-refractivity contribution in [3.8, 4) is 5.75 Å². The van der Waals surface area contributed by atoms with Gasteiger partial charge in [-0.3, -0.25) is 14.4 Å². The number of fused-ring (bicyclic) bond motifs is 1. The number of ether oxygens (including phenoxy) is 1. The van der Waals surface area contributed by atoms with Crippen molar-refractivity contribution in [3.63, 3.8) is 0 Å². The summed E-state index contributed by atoms with van der Waals surface area (Å²) in [6.45, 7) is 11.9. The van der Waals surface area contributed by atoms with E-state index in [0.717, 1.165) is 30.6 Å². The van der Waals surface area contributed by atoms with Crippen molar-refractivity contribution < 1.29 is 24.2 Å². The third-order valence-corrected chi connectivity index (χ3v) is 12.7. The number of alkyl halides is 1. The Hall–Kier alpha value is -3.08. The summed E-state index contributed by atoms with van der Waals surface area (Å²) in [5.41, 5.74) is 1.71. The Bertz CT molecular complexity index is 1420. The Balaban J connectivity index is 1.50. The standard InChI is InChI=1S/C37H46BrN3O5S/c1-4-20-39(25-26-14-10-9-11-15-26)36(45)33-37-24-29(38)32(47-37)30(31(37)35(44)41(33)22-12-7-8-13-23-42)34(43)40(21-5-2)27-16-18-28(19-17-27)46-6-3/h4-5,9-11,14-19,29-33,42H,1-2,6-8,12-13,20-25H2,3H3/t29?,30-,31+,32-,33?,37?/m1/s1. The van der Waals surface area contributed by atoms with Gasteiger partial charge in [0.15, 0.2) is 0 Å². The Morgan fingerprint density at radius 3 is 2.40 bits per heavy atom. The molecule has 2 bridgehead atoms. The van der Waals surface area contributed by atoms with Gasteiger partial charge in [-0.15, -0.1) is 24.9 Å². The predicted octanol–water partition coefficient (Wildman–Crippen LogP) is 5.84. The molecule has 1 N–H and O–H groups in total. The number of carbonyl (C=O) groups excluding carboxylic acids is 3. The Labute approximate surface area is 291 Å². The van der Waals surface area contributed by atoms with Gasteiger partial charge in [0.1, 0.15) is 11.8 Å². The Kier molecular flexibility index (Phi) is 11.9. The van der Waals surface area contributed by atoms with E-state index in [1.54, 1.807) is 38.6 Å². The smallest absolute Gasteiger partial charge is 0.247 e. The number of likely N-dealkylation sites (tertiary alicyclic amines) is 1. The zero-order valence-electron chi connectivity index (χ0n) is 27.1. The Morgan fingerprint density at radius 2 is 1.74 bits per heavy atom. The summed E-state index contributed by atoms with van der Waals surface area (Å²) in [5.74, 6) is -0.841. The topological polar surface area (TPSA) is 90.4 Å². The average molecular weight is 725 g/mol. The highest BCUT2D eigenvalue weighted by atomic mass is 79.9. The lowest BCUT2D eigenvalue weighted by atomic mass is 9.70. The molecular weight excluding hydrogens is 678 g/mol. The molecule has 3 unspecified atom stereocenters. The van der Waals surface area contributed by atoms with Gasteiger partial charge in [0.05, 0.1) is 23.2 Å². The summed E-state index contributed by atoms with van der Waals surface area (Å²) in [6.07, 6.45) is 7.17. The number of aliphatic hydroxyl groups excluding tert-OH is 1. The van der Waals surface area contributed by atoms with Crippen LogP contribution in [0.25, 0.3) is 0 Å². The van der Waals surface area contributed by atoms with Gasteiger partial charge in [0, 0.05) is 48.6 Å². The quantitative estimate of drug-likeness (QED) is 0.125. The number of aliphatic hydroxyl groups is 1. The lowest BCUT2D eigenvalue weighted by molar-refractivity contribution is -0.143. The van der Waals surface area contributed by atoms with Gasteiger partial charge in [-0.2, -0.15) is 0 Å². The first-order valence-corrected chi connectivity index (χ1v) is 18.4. The number of amides is 3. The molecule has 10 heteroatoms. The van der Waals surface area contributed by atoms with Crippen LogP contribution in [0.1, 0.15) is 44.6 Å². The second kappa shape index (κ2) is 15.9. The van der Waals surface area contributed by atoms with E-state index < -0.39 is 22.6 Å². The molecule has 0 aromatic heterocycles. The number of carbonyl (C=O) groups is 3. The summed E-state index contributed by atoms with van der Waals surface area (Å²) in [5, 5.41) is 9.12. The van der Waals surface area contributed by atoms with Gasteiger partial charge < -0.3 is 24.5 Å². The van der Waals surface area contributed by atoms with Crippen LogP contribution in [0.5, 0.6) is 5.75 Å². The maximum Gasteiger partial charge on any atom is 0.247 e. The molecule has 2 aromatic rings. The minimum atomic E-state index is -0.743. The number of unbranched alkanes of at least 4 members (excludes halogenated alkanes) is 3. The number of hydrogen-bond acceptors (Lipinski definition) is 6. The summed E-state index contributed by atoms with van der Waals surface area (Å²) in [7, 11) is 0. The van der Waals surface area contributed by atoms with E-state index >= 15 is 0 Å². The van der Waals surface area contributed by atoms with E-state index in [2.05, 4.69) is 29.1 Å². The van der Waals surface area contributed by atoms with E-state index in [9.17, 15) is 19.5 Å². The molecule has 0 radical (unpaired) electrons. The molecule has 5 rings (SSSR count). The van der Waals surface area contributed by atoms with Crippen molar-refractivity contribution in [2.45, 2.75) is 66.4 Å². The second-order valence-electron chi connectivity index (χ2n) is 12.5. The minimum absolute atomic E-state index is 0.0295. The molecule has 8 nitrogen and oxygen atoms in total. The normalized spacial score (nSPS) is 25.8. The number of benzene rings is 2. The lowest BCUT2D eigenvalue weighted by Crippen LogP contribution is -2.55. The molecule has 3 aliphatic rings. The van der Waals surface area contributed by atoms with E-state index in [0.29, 0.717) is 51.3 Å². The molecule has 3 heterocycles. The van der Waals surface area contributed by atoms with Crippen molar-refractivity contribution >= 4 is 51.1 Å². The molecule has 0 aliphatic carbocycles. The highest BCUT2D eigenvalue weighted by Gasteiger charge is 2.76. The fourth-order valence-electron chi connectivity index (χ4n) is 7.56. The molecule has 3 fully saturated rings. The first-order valence-electron chi connectivity index (χ1n) is 16.6. The molecular formula is C37H46BrN3O5S. The van der Waals surface area contributed by atoms with Crippen molar-refractivity contribution in [2.24, 2.45) is 11.8 Å². The molecule has 0 saturated carbocycles. The van der Waals surface area contributed by atoms with Gasteiger partial charge in [-0.1, -0.05) is 71.3 Å². The molecule has 3 saturated heterocycles. The van der Waals surface area contributed by atoms with Gasteiger partial charge in [0.25, 0.3) is 0 Å². The zero-order chi connectivity index (χ0) is 33.6. The predicted molar refractivity (Wildman–Crippen MR) is 192 cm³/mol. The lowest BCUT2D eigenvalue weighted by Gasteiger charge is -2.38. The fourth-order valence-corrected chi connectivity index (χ4v) is 11.2. The number of thioether (sulfide) groups is 1. The van der Waals surface area contributed by atoms with Crippen LogP contribution in [-0.2, 0) is 20.9 Å². The van der Waals surface area contributed by atoms with Crippen LogP contribution in [0.15, 0.2) is 79.9 Å². The third-order valence-electron chi connectivity index (χ3n) is 9.53. The monoisotopic (exact) mass is 723 g/mol.